The van der Waals surface area contributed by atoms with E-state index in [9.17, 15) is 0 Å². The molecule has 0 spiro atoms. The first-order valence-corrected chi connectivity index (χ1v) is 8.58. The number of aromatic nitrogens is 2. The molecule has 1 aromatic heterocycles. The zero-order chi connectivity index (χ0) is 16.4. The summed E-state index contributed by atoms with van der Waals surface area (Å²) in [5.74, 6) is 0.602. The summed E-state index contributed by atoms with van der Waals surface area (Å²) >= 11 is 5.34. The van der Waals surface area contributed by atoms with Gasteiger partial charge < -0.3 is 9.32 Å². The van der Waals surface area contributed by atoms with E-state index < -0.39 is 0 Å². The van der Waals surface area contributed by atoms with Gasteiger partial charge in [0.2, 0.25) is 5.89 Å². The molecule has 1 fully saturated rings. The highest BCUT2D eigenvalue weighted by atomic mass is 32.1. The van der Waals surface area contributed by atoms with Crippen molar-refractivity contribution in [1.82, 2.24) is 19.6 Å². The van der Waals surface area contributed by atoms with Crippen LogP contribution in [0, 0.1) is 18.7 Å². The van der Waals surface area contributed by atoms with E-state index in [-0.39, 0.29) is 0 Å². The Bertz CT molecular complexity index is 728. The van der Waals surface area contributed by atoms with E-state index >= 15 is 0 Å². The summed E-state index contributed by atoms with van der Waals surface area (Å²) in [5, 5.41) is 4.57. The van der Waals surface area contributed by atoms with Crippen LogP contribution in [-0.2, 0) is 6.67 Å². The summed E-state index contributed by atoms with van der Waals surface area (Å²) in [6.07, 6.45) is 0. The molecule has 1 aromatic carbocycles. The maximum absolute atomic E-state index is 5.71. The summed E-state index contributed by atoms with van der Waals surface area (Å²) in [6.45, 7) is 12.5. The summed E-state index contributed by atoms with van der Waals surface area (Å²) in [7, 11) is 0. The van der Waals surface area contributed by atoms with E-state index in [1.807, 2.05) is 6.07 Å². The zero-order valence-corrected chi connectivity index (χ0v) is 14.9. The molecule has 0 amide bonds. The molecule has 0 bridgehead atoms. The Kier molecular flexibility index (Phi) is 4.94. The van der Waals surface area contributed by atoms with Crippen LogP contribution in [0.1, 0.15) is 18.1 Å². The second-order valence-corrected chi connectivity index (χ2v) is 6.51. The fraction of sp³-hybridized carbons (Fsp3) is 0.529. The molecule has 1 saturated heterocycles. The molecular formula is C17H24N4OS. The summed E-state index contributed by atoms with van der Waals surface area (Å²) < 4.78 is 7.50. The van der Waals surface area contributed by atoms with Gasteiger partial charge >= 0.3 is 0 Å². The Morgan fingerprint density at radius 1 is 1.09 bits per heavy atom. The molecule has 0 atom stereocenters. The van der Waals surface area contributed by atoms with Crippen molar-refractivity contribution in [2.45, 2.75) is 27.4 Å². The molecule has 0 saturated carbocycles. The van der Waals surface area contributed by atoms with Crippen LogP contribution in [0.4, 0.5) is 0 Å². The molecule has 1 aliphatic heterocycles. The van der Waals surface area contributed by atoms with Crippen LogP contribution in [0.3, 0.4) is 0 Å². The van der Waals surface area contributed by atoms with Crippen LogP contribution >= 0.6 is 12.2 Å². The van der Waals surface area contributed by atoms with Crippen molar-refractivity contribution in [2.24, 2.45) is 0 Å². The average Bonchev–Trinajstić information content (AvgIpc) is 2.92. The minimum absolute atomic E-state index is 0.441. The Labute approximate surface area is 142 Å². The number of likely N-dealkylation sites (N-methyl/N-ethyl adjacent to an activating group) is 1. The molecule has 0 N–H and O–H groups in total. The second kappa shape index (κ2) is 6.95. The molecule has 1 aliphatic rings. The van der Waals surface area contributed by atoms with Crippen LogP contribution in [0.15, 0.2) is 22.6 Å². The lowest BCUT2D eigenvalue weighted by Gasteiger charge is -2.33. The Hall–Kier alpha value is -1.50. The van der Waals surface area contributed by atoms with E-state index in [1.54, 1.807) is 4.68 Å². The highest BCUT2D eigenvalue weighted by Gasteiger charge is 2.17. The van der Waals surface area contributed by atoms with Crippen molar-refractivity contribution in [1.29, 1.82) is 0 Å². The van der Waals surface area contributed by atoms with Gasteiger partial charge in [-0.1, -0.05) is 13.0 Å². The Morgan fingerprint density at radius 2 is 1.78 bits per heavy atom. The van der Waals surface area contributed by atoms with Gasteiger partial charge in [0.05, 0.1) is 6.67 Å². The van der Waals surface area contributed by atoms with Crippen LogP contribution in [0.5, 0.6) is 0 Å². The van der Waals surface area contributed by atoms with Gasteiger partial charge in [-0.05, 0) is 55.9 Å². The van der Waals surface area contributed by atoms with E-state index in [4.69, 9.17) is 16.6 Å². The number of hydrogen-bond acceptors (Lipinski definition) is 5. The third kappa shape index (κ3) is 3.71. The standard InChI is InChI=1S/C17H24N4OS/c1-4-19-7-9-20(10-8-19)12-21-17(23)22-16(18-21)15-6-5-13(2)14(3)11-15/h5-6,11H,4,7-10,12H2,1-3H3. The SMILES string of the molecule is CCN1CCN(Cn2nc(-c3ccc(C)c(C)c3)oc2=S)CC1. The van der Waals surface area contributed by atoms with Crippen molar-refractivity contribution in [3.05, 3.63) is 34.2 Å². The lowest BCUT2D eigenvalue weighted by molar-refractivity contribution is 0.105. The first kappa shape index (κ1) is 16.4. The first-order chi connectivity index (χ1) is 11.1. The normalized spacial score (nSPS) is 16.8. The van der Waals surface area contributed by atoms with E-state index in [0.29, 0.717) is 17.4 Å². The van der Waals surface area contributed by atoms with Gasteiger partial charge in [0.1, 0.15) is 0 Å². The van der Waals surface area contributed by atoms with Crippen molar-refractivity contribution < 1.29 is 4.42 Å². The maximum Gasteiger partial charge on any atom is 0.288 e. The Balaban J connectivity index is 1.74. The van der Waals surface area contributed by atoms with Gasteiger partial charge in [-0.25, -0.2) is 4.68 Å². The molecular weight excluding hydrogens is 308 g/mol. The van der Waals surface area contributed by atoms with Gasteiger partial charge in [0.25, 0.3) is 4.84 Å². The molecule has 3 rings (SSSR count). The lowest BCUT2D eigenvalue weighted by Crippen LogP contribution is -2.46. The smallest absolute Gasteiger partial charge is 0.288 e. The average molecular weight is 332 g/mol. The van der Waals surface area contributed by atoms with E-state index in [2.05, 4.69) is 47.8 Å². The molecule has 0 radical (unpaired) electrons. The van der Waals surface area contributed by atoms with Gasteiger partial charge in [-0.3, -0.25) is 4.90 Å². The molecule has 2 aromatic rings. The van der Waals surface area contributed by atoms with Crippen molar-refractivity contribution in [2.75, 3.05) is 32.7 Å². The molecule has 0 aliphatic carbocycles. The van der Waals surface area contributed by atoms with Gasteiger partial charge in [0, 0.05) is 31.7 Å². The van der Waals surface area contributed by atoms with Gasteiger partial charge in [0.15, 0.2) is 0 Å². The van der Waals surface area contributed by atoms with Gasteiger partial charge in [-0.15, -0.1) is 5.10 Å². The molecule has 6 heteroatoms. The summed E-state index contributed by atoms with van der Waals surface area (Å²) in [5.41, 5.74) is 3.48. The van der Waals surface area contributed by atoms with Crippen molar-refractivity contribution >= 4 is 12.2 Å². The third-order valence-corrected chi connectivity index (χ3v) is 4.90. The summed E-state index contributed by atoms with van der Waals surface area (Å²) in [6, 6.07) is 6.22. The number of hydrogen-bond donors (Lipinski definition) is 0. The van der Waals surface area contributed by atoms with Crippen LogP contribution in [-0.4, -0.2) is 52.3 Å². The number of nitrogens with zero attached hydrogens (tertiary/aromatic N) is 4. The van der Waals surface area contributed by atoms with Crippen LogP contribution in [0.25, 0.3) is 11.5 Å². The monoisotopic (exact) mass is 332 g/mol. The number of aryl methyl sites for hydroxylation is 2. The summed E-state index contributed by atoms with van der Waals surface area (Å²) in [4.78, 5) is 5.27. The Morgan fingerprint density at radius 3 is 2.43 bits per heavy atom. The molecule has 5 nitrogen and oxygen atoms in total. The minimum atomic E-state index is 0.441. The van der Waals surface area contributed by atoms with Crippen LogP contribution in [0.2, 0.25) is 0 Å². The number of rotatable bonds is 4. The highest BCUT2D eigenvalue weighted by molar-refractivity contribution is 7.71. The fourth-order valence-corrected chi connectivity index (χ4v) is 3.00. The molecule has 2 heterocycles. The second-order valence-electron chi connectivity index (χ2n) is 6.17. The zero-order valence-electron chi connectivity index (χ0n) is 14.1. The van der Waals surface area contributed by atoms with E-state index in [1.165, 1.54) is 11.1 Å². The number of benzene rings is 1. The number of piperazine rings is 1. The predicted octanol–water partition coefficient (Wildman–Crippen LogP) is 3.08. The van der Waals surface area contributed by atoms with Crippen LogP contribution < -0.4 is 0 Å². The largest absolute Gasteiger partial charge is 0.409 e. The van der Waals surface area contributed by atoms with E-state index in [0.717, 1.165) is 38.3 Å². The minimum Gasteiger partial charge on any atom is -0.409 e. The molecule has 0 unspecified atom stereocenters. The van der Waals surface area contributed by atoms with Crippen molar-refractivity contribution in [3.63, 3.8) is 0 Å². The highest BCUT2D eigenvalue weighted by Crippen LogP contribution is 2.21. The topological polar surface area (TPSA) is 37.4 Å². The first-order valence-electron chi connectivity index (χ1n) is 8.17. The molecule has 23 heavy (non-hydrogen) atoms. The molecule has 124 valence electrons. The predicted molar refractivity (Wildman–Crippen MR) is 93.9 cm³/mol. The fourth-order valence-electron chi connectivity index (χ4n) is 2.82. The maximum atomic E-state index is 5.71. The quantitative estimate of drug-likeness (QED) is 0.804. The third-order valence-electron chi connectivity index (χ3n) is 4.61. The van der Waals surface area contributed by atoms with Gasteiger partial charge in [-0.2, -0.15) is 0 Å². The van der Waals surface area contributed by atoms with Crippen molar-refractivity contribution in [3.8, 4) is 11.5 Å². The lowest BCUT2D eigenvalue weighted by atomic mass is 10.1.